The molecule has 1 N–H and O–H groups in total. The lowest BCUT2D eigenvalue weighted by atomic mass is 9.80. The predicted molar refractivity (Wildman–Crippen MR) is 69.6 cm³/mol. The van der Waals surface area contributed by atoms with Crippen LogP contribution in [0.15, 0.2) is 30.3 Å². The van der Waals surface area contributed by atoms with Crippen molar-refractivity contribution in [1.82, 2.24) is 5.32 Å². The van der Waals surface area contributed by atoms with Gasteiger partial charge in [0, 0.05) is 6.04 Å². The highest BCUT2D eigenvalue weighted by molar-refractivity contribution is 5.15. The third-order valence-corrected chi connectivity index (χ3v) is 3.66. The van der Waals surface area contributed by atoms with Crippen molar-refractivity contribution < 1.29 is 0 Å². The minimum atomic E-state index is 0.678. The molecule has 1 unspecified atom stereocenters. The van der Waals surface area contributed by atoms with Gasteiger partial charge in [0.25, 0.3) is 0 Å². The van der Waals surface area contributed by atoms with Crippen molar-refractivity contribution in [3.8, 4) is 0 Å². The van der Waals surface area contributed by atoms with Gasteiger partial charge >= 0.3 is 0 Å². The molecule has 1 aromatic carbocycles. The first-order valence-corrected chi connectivity index (χ1v) is 6.65. The molecule has 1 nitrogen and oxygen atoms in total. The maximum Gasteiger partial charge on any atom is 0.0110 e. The van der Waals surface area contributed by atoms with Crippen LogP contribution in [0.25, 0.3) is 0 Å². The second kappa shape index (κ2) is 6.05. The van der Waals surface area contributed by atoms with Gasteiger partial charge in [-0.3, -0.25) is 0 Å². The zero-order valence-electron chi connectivity index (χ0n) is 10.3. The molecule has 1 aromatic rings. The van der Waals surface area contributed by atoms with Crippen LogP contribution in [0.4, 0.5) is 0 Å². The van der Waals surface area contributed by atoms with Gasteiger partial charge in [-0.2, -0.15) is 0 Å². The lowest BCUT2D eigenvalue weighted by Crippen LogP contribution is -2.34. The van der Waals surface area contributed by atoms with Crippen molar-refractivity contribution in [2.45, 2.75) is 45.1 Å². The molecule has 0 heterocycles. The summed E-state index contributed by atoms with van der Waals surface area (Å²) in [6.45, 7) is 3.29. The smallest absolute Gasteiger partial charge is 0.0110 e. The number of rotatable bonds is 6. The molecule has 0 spiro atoms. The maximum absolute atomic E-state index is 3.63. The van der Waals surface area contributed by atoms with Gasteiger partial charge in [0.15, 0.2) is 0 Å². The van der Waals surface area contributed by atoms with E-state index < -0.39 is 0 Å². The van der Waals surface area contributed by atoms with Gasteiger partial charge in [0.05, 0.1) is 0 Å². The van der Waals surface area contributed by atoms with Crippen LogP contribution in [0.3, 0.4) is 0 Å². The molecule has 0 bridgehead atoms. The van der Waals surface area contributed by atoms with Crippen LogP contribution in [0.5, 0.6) is 0 Å². The average Bonchev–Trinajstić information content (AvgIpc) is 2.25. The molecule has 88 valence electrons. The quantitative estimate of drug-likeness (QED) is 0.770. The van der Waals surface area contributed by atoms with Gasteiger partial charge in [-0.25, -0.2) is 0 Å². The van der Waals surface area contributed by atoms with E-state index in [1.165, 1.54) is 37.7 Å². The molecule has 1 atom stereocenters. The molecule has 0 amide bonds. The Bertz CT molecular complexity index is 290. The normalized spacial score (nSPS) is 18.1. The van der Waals surface area contributed by atoms with Gasteiger partial charge in [0.1, 0.15) is 0 Å². The van der Waals surface area contributed by atoms with E-state index in [2.05, 4.69) is 42.6 Å². The highest BCUT2D eigenvalue weighted by Crippen LogP contribution is 2.31. The Morgan fingerprint density at radius 1 is 1.25 bits per heavy atom. The highest BCUT2D eigenvalue weighted by Gasteiger charge is 2.21. The summed E-state index contributed by atoms with van der Waals surface area (Å²) >= 11 is 0. The summed E-state index contributed by atoms with van der Waals surface area (Å²) in [6, 6.07) is 11.5. The van der Waals surface area contributed by atoms with E-state index in [0.717, 1.165) is 12.5 Å². The van der Waals surface area contributed by atoms with E-state index in [9.17, 15) is 0 Å². The Kier molecular flexibility index (Phi) is 4.41. The van der Waals surface area contributed by atoms with E-state index >= 15 is 0 Å². The first-order chi connectivity index (χ1) is 7.88. The van der Waals surface area contributed by atoms with Crippen LogP contribution in [-0.2, 0) is 6.42 Å². The largest absolute Gasteiger partial charge is 0.314 e. The summed E-state index contributed by atoms with van der Waals surface area (Å²) in [5, 5.41) is 3.63. The molecular formula is C15H23N. The van der Waals surface area contributed by atoms with E-state index in [-0.39, 0.29) is 0 Å². The third-order valence-electron chi connectivity index (χ3n) is 3.66. The fourth-order valence-corrected chi connectivity index (χ4v) is 2.56. The molecular weight excluding hydrogens is 194 g/mol. The molecule has 0 saturated heterocycles. The number of likely N-dealkylation sites (N-methyl/N-ethyl adjacent to an activating group) is 1. The first kappa shape index (κ1) is 11.7. The Hall–Kier alpha value is -0.820. The summed E-state index contributed by atoms with van der Waals surface area (Å²) in [4.78, 5) is 0. The zero-order valence-corrected chi connectivity index (χ0v) is 10.3. The second-order valence-electron chi connectivity index (χ2n) is 4.98. The molecule has 2 rings (SSSR count). The molecule has 16 heavy (non-hydrogen) atoms. The molecule has 1 heteroatoms. The standard InChI is InChI=1S/C15H23N/c1-2-16-15(12-14-9-6-10-14)11-13-7-4-3-5-8-13/h3-5,7-8,14-16H,2,6,9-12H2,1H3. The van der Waals surface area contributed by atoms with Crippen LogP contribution >= 0.6 is 0 Å². The van der Waals surface area contributed by atoms with Crippen LogP contribution < -0.4 is 5.32 Å². The van der Waals surface area contributed by atoms with Crippen LogP contribution in [-0.4, -0.2) is 12.6 Å². The fraction of sp³-hybridized carbons (Fsp3) is 0.600. The van der Waals surface area contributed by atoms with Gasteiger partial charge in [-0.15, -0.1) is 0 Å². The molecule has 1 aliphatic rings. The van der Waals surface area contributed by atoms with E-state index in [1.807, 2.05) is 0 Å². The summed E-state index contributed by atoms with van der Waals surface area (Å²) in [7, 11) is 0. The number of benzene rings is 1. The van der Waals surface area contributed by atoms with Crippen LogP contribution in [0.1, 0.15) is 38.2 Å². The second-order valence-corrected chi connectivity index (χ2v) is 4.98. The van der Waals surface area contributed by atoms with Crippen molar-refractivity contribution in [2.24, 2.45) is 5.92 Å². The van der Waals surface area contributed by atoms with Crippen molar-refractivity contribution in [3.63, 3.8) is 0 Å². The maximum atomic E-state index is 3.63. The SMILES string of the molecule is CCNC(Cc1ccccc1)CC1CCC1. The summed E-state index contributed by atoms with van der Waals surface area (Å²) in [6.07, 6.45) is 6.91. The summed E-state index contributed by atoms with van der Waals surface area (Å²) in [5.41, 5.74) is 1.47. The van der Waals surface area contributed by atoms with Crippen molar-refractivity contribution in [1.29, 1.82) is 0 Å². The molecule has 0 aliphatic heterocycles. The van der Waals surface area contributed by atoms with Gasteiger partial charge in [0.2, 0.25) is 0 Å². The molecule has 0 radical (unpaired) electrons. The molecule has 1 fully saturated rings. The number of hydrogen-bond acceptors (Lipinski definition) is 1. The molecule has 1 saturated carbocycles. The summed E-state index contributed by atoms with van der Waals surface area (Å²) in [5.74, 6) is 0.993. The predicted octanol–water partition coefficient (Wildman–Crippen LogP) is 3.40. The monoisotopic (exact) mass is 217 g/mol. The molecule has 0 aromatic heterocycles. The summed E-state index contributed by atoms with van der Waals surface area (Å²) < 4.78 is 0. The molecule has 1 aliphatic carbocycles. The number of hydrogen-bond donors (Lipinski definition) is 1. The van der Waals surface area contributed by atoms with Gasteiger partial charge in [-0.1, -0.05) is 56.5 Å². The first-order valence-electron chi connectivity index (χ1n) is 6.65. The van der Waals surface area contributed by atoms with E-state index in [4.69, 9.17) is 0 Å². The van der Waals surface area contributed by atoms with Crippen LogP contribution in [0.2, 0.25) is 0 Å². The Morgan fingerprint density at radius 2 is 2.00 bits per heavy atom. The van der Waals surface area contributed by atoms with Crippen molar-refractivity contribution in [2.75, 3.05) is 6.54 Å². The average molecular weight is 217 g/mol. The fourth-order valence-electron chi connectivity index (χ4n) is 2.56. The third kappa shape index (κ3) is 3.34. The lowest BCUT2D eigenvalue weighted by Gasteiger charge is -2.30. The number of nitrogens with one attached hydrogen (secondary N) is 1. The Morgan fingerprint density at radius 3 is 2.56 bits per heavy atom. The van der Waals surface area contributed by atoms with E-state index in [1.54, 1.807) is 0 Å². The van der Waals surface area contributed by atoms with E-state index in [0.29, 0.717) is 6.04 Å². The highest BCUT2D eigenvalue weighted by atomic mass is 14.9. The van der Waals surface area contributed by atoms with Crippen molar-refractivity contribution in [3.05, 3.63) is 35.9 Å². The topological polar surface area (TPSA) is 12.0 Å². The van der Waals surface area contributed by atoms with Crippen LogP contribution in [0, 0.1) is 5.92 Å². The Labute approximate surface area is 99.3 Å². The minimum absolute atomic E-state index is 0.678. The zero-order chi connectivity index (χ0) is 11.2. The Balaban J connectivity index is 1.86. The van der Waals surface area contributed by atoms with Crippen molar-refractivity contribution >= 4 is 0 Å². The van der Waals surface area contributed by atoms with Gasteiger partial charge in [-0.05, 0) is 30.9 Å². The lowest BCUT2D eigenvalue weighted by molar-refractivity contribution is 0.260. The van der Waals surface area contributed by atoms with Gasteiger partial charge < -0.3 is 5.32 Å². The minimum Gasteiger partial charge on any atom is -0.314 e.